The van der Waals surface area contributed by atoms with E-state index in [-0.39, 0.29) is 30.7 Å². The summed E-state index contributed by atoms with van der Waals surface area (Å²) in [5.74, 6) is -0.801. The van der Waals surface area contributed by atoms with Crippen molar-refractivity contribution in [1.82, 2.24) is 10.6 Å². The Morgan fingerprint density at radius 2 is 1.74 bits per heavy atom. The molecule has 1 saturated carbocycles. The van der Waals surface area contributed by atoms with Gasteiger partial charge in [0.05, 0.1) is 18.3 Å². The monoisotopic (exact) mass is 405 g/mol. The van der Waals surface area contributed by atoms with Crippen LogP contribution in [0.5, 0.6) is 0 Å². The van der Waals surface area contributed by atoms with Gasteiger partial charge in [0.25, 0.3) is 0 Å². The third-order valence-electron chi connectivity index (χ3n) is 4.94. The molecule has 0 aromatic heterocycles. The van der Waals surface area contributed by atoms with Gasteiger partial charge in [-0.05, 0) is 31.6 Å². The zero-order valence-electron chi connectivity index (χ0n) is 16.7. The van der Waals surface area contributed by atoms with E-state index in [0.717, 1.165) is 25.7 Å². The molecular formula is C18H36N3O5P. The number of carbonyl (C=O) groups is 2. The van der Waals surface area contributed by atoms with Gasteiger partial charge in [-0.15, -0.1) is 0 Å². The van der Waals surface area contributed by atoms with Crippen molar-refractivity contribution in [2.24, 2.45) is 17.6 Å². The zero-order chi connectivity index (χ0) is 20.6. The van der Waals surface area contributed by atoms with Crippen LogP contribution in [0.15, 0.2) is 0 Å². The summed E-state index contributed by atoms with van der Waals surface area (Å²) in [5.41, 5.74) is 5.51. The highest BCUT2D eigenvalue weighted by Gasteiger charge is 2.29. The molecule has 0 aliphatic heterocycles. The van der Waals surface area contributed by atoms with E-state index in [1.165, 1.54) is 13.3 Å². The van der Waals surface area contributed by atoms with Crippen LogP contribution in [0.4, 0.5) is 0 Å². The molecule has 0 bridgehead atoms. The van der Waals surface area contributed by atoms with Crippen molar-refractivity contribution in [2.75, 3.05) is 18.9 Å². The highest BCUT2D eigenvalue weighted by atomic mass is 31.2. The standard InChI is InChI=1S/C18H36N3O5P/c1-12(2)16(21-17(23)13(3)19)18(24)20-9-15(22)11-27(25,26)10-14-7-5-4-6-8-14/h12-16,22H,4-11,19H2,1-3H3,(H,20,24)(H,21,23)(H,25,26)/t13-,15+,16-/m0/s1. The van der Waals surface area contributed by atoms with Crippen LogP contribution >= 0.6 is 7.37 Å². The average molecular weight is 405 g/mol. The minimum Gasteiger partial charge on any atom is -0.391 e. The van der Waals surface area contributed by atoms with Gasteiger partial charge in [-0.1, -0.05) is 33.1 Å². The summed E-state index contributed by atoms with van der Waals surface area (Å²) in [4.78, 5) is 34.3. The molecule has 0 aromatic rings. The van der Waals surface area contributed by atoms with E-state index in [1.807, 2.05) is 0 Å². The first kappa shape index (κ1) is 24.1. The molecule has 1 unspecified atom stereocenters. The molecule has 9 heteroatoms. The number of nitrogens with one attached hydrogen (secondary N) is 2. The van der Waals surface area contributed by atoms with Crippen molar-refractivity contribution in [3.05, 3.63) is 0 Å². The number of carbonyl (C=O) groups excluding carboxylic acids is 2. The molecule has 6 N–H and O–H groups in total. The Morgan fingerprint density at radius 3 is 2.26 bits per heavy atom. The molecular weight excluding hydrogens is 369 g/mol. The van der Waals surface area contributed by atoms with Crippen molar-refractivity contribution in [3.63, 3.8) is 0 Å². The van der Waals surface area contributed by atoms with E-state index in [4.69, 9.17) is 5.73 Å². The predicted octanol–water partition coefficient (Wildman–Crippen LogP) is 0.802. The maximum absolute atomic E-state index is 12.4. The van der Waals surface area contributed by atoms with Crippen LogP contribution in [0.1, 0.15) is 52.9 Å². The molecule has 1 aliphatic carbocycles. The second kappa shape index (κ2) is 11.1. The number of hydrogen-bond acceptors (Lipinski definition) is 5. The number of rotatable bonds is 10. The second-order valence-electron chi connectivity index (χ2n) is 8.13. The Balaban J connectivity index is 2.48. The van der Waals surface area contributed by atoms with E-state index < -0.39 is 37.4 Å². The number of aliphatic hydroxyl groups is 1. The quantitative estimate of drug-likeness (QED) is 0.340. The molecule has 1 fully saturated rings. The Kier molecular flexibility index (Phi) is 9.95. The van der Waals surface area contributed by atoms with E-state index >= 15 is 0 Å². The van der Waals surface area contributed by atoms with E-state index in [9.17, 15) is 24.2 Å². The average Bonchev–Trinajstić information content (AvgIpc) is 2.56. The van der Waals surface area contributed by atoms with Crippen molar-refractivity contribution < 1.29 is 24.2 Å². The van der Waals surface area contributed by atoms with Crippen LogP contribution in [0.2, 0.25) is 0 Å². The largest absolute Gasteiger partial charge is 0.391 e. The summed E-state index contributed by atoms with van der Waals surface area (Å²) in [6, 6.07) is -1.51. The minimum atomic E-state index is -3.44. The third kappa shape index (κ3) is 9.19. The number of aliphatic hydroxyl groups excluding tert-OH is 1. The van der Waals surface area contributed by atoms with Gasteiger partial charge in [0.2, 0.25) is 19.2 Å². The fraction of sp³-hybridized carbons (Fsp3) is 0.889. The molecule has 4 atom stereocenters. The second-order valence-corrected chi connectivity index (χ2v) is 10.6. The van der Waals surface area contributed by atoms with Crippen LogP contribution in [0, 0.1) is 11.8 Å². The molecule has 0 heterocycles. The van der Waals surface area contributed by atoms with E-state index in [0.29, 0.717) is 0 Å². The van der Waals surface area contributed by atoms with Crippen LogP contribution in [0.3, 0.4) is 0 Å². The molecule has 158 valence electrons. The van der Waals surface area contributed by atoms with Crippen LogP contribution in [-0.4, -0.2) is 58.9 Å². The first-order valence-electron chi connectivity index (χ1n) is 9.84. The maximum Gasteiger partial charge on any atom is 0.242 e. The van der Waals surface area contributed by atoms with Crippen LogP contribution in [0.25, 0.3) is 0 Å². The normalized spacial score (nSPS) is 21.1. The lowest BCUT2D eigenvalue weighted by atomic mass is 9.91. The number of amides is 2. The van der Waals surface area contributed by atoms with Gasteiger partial charge in [-0.3, -0.25) is 14.2 Å². The lowest BCUT2D eigenvalue weighted by Gasteiger charge is -2.26. The summed E-state index contributed by atoms with van der Waals surface area (Å²) in [6.45, 7) is 4.97. The van der Waals surface area contributed by atoms with Crippen molar-refractivity contribution in [1.29, 1.82) is 0 Å². The molecule has 0 aromatic carbocycles. The Hall–Kier alpha value is -0.950. The van der Waals surface area contributed by atoms with Crippen molar-refractivity contribution >= 4 is 19.2 Å². The van der Waals surface area contributed by atoms with Gasteiger partial charge in [0.1, 0.15) is 6.04 Å². The third-order valence-corrected chi connectivity index (χ3v) is 7.02. The SMILES string of the molecule is CC(C)[C@H](NC(=O)[C@H](C)N)C(=O)NC[C@@H](O)CP(=O)(O)CC1CCCCC1. The molecule has 1 aliphatic rings. The Morgan fingerprint density at radius 1 is 1.15 bits per heavy atom. The van der Waals surface area contributed by atoms with Gasteiger partial charge in [-0.25, -0.2) is 0 Å². The first-order chi connectivity index (χ1) is 12.5. The molecule has 2 amide bonds. The summed E-state index contributed by atoms with van der Waals surface area (Å²) in [6.07, 6.45) is 4.18. The maximum atomic E-state index is 12.4. The van der Waals surface area contributed by atoms with Gasteiger partial charge in [0, 0.05) is 12.7 Å². The molecule has 27 heavy (non-hydrogen) atoms. The first-order valence-corrected chi connectivity index (χ1v) is 11.9. The Labute approximate surface area is 162 Å². The molecule has 8 nitrogen and oxygen atoms in total. The van der Waals surface area contributed by atoms with Gasteiger partial charge in [0.15, 0.2) is 0 Å². The number of hydrogen-bond donors (Lipinski definition) is 5. The topological polar surface area (TPSA) is 142 Å². The molecule has 0 spiro atoms. The highest BCUT2D eigenvalue weighted by Crippen LogP contribution is 2.45. The van der Waals surface area contributed by atoms with E-state index in [2.05, 4.69) is 10.6 Å². The summed E-state index contributed by atoms with van der Waals surface area (Å²) in [5, 5.41) is 15.2. The lowest BCUT2D eigenvalue weighted by Crippen LogP contribution is -2.54. The van der Waals surface area contributed by atoms with Gasteiger partial charge in [-0.2, -0.15) is 0 Å². The fourth-order valence-corrected chi connectivity index (χ4v) is 5.50. The van der Waals surface area contributed by atoms with Gasteiger partial charge >= 0.3 is 0 Å². The predicted molar refractivity (Wildman–Crippen MR) is 106 cm³/mol. The van der Waals surface area contributed by atoms with Gasteiger partial charge < -0.3 is 26.4 Å². The molecule has 1 rings (SSSR count). The van der Waals surface area contributed by atoms with Crippen molar-refractivity contribution in [2.45, 2.75) is 71.1 Å². The highest BCUT2D eigenvalue weighted by molar-refractivity contribution is 7.58. The van der Waals surface area contributed by atoms with E-state index in [1.54, 1.807) is 13.8 Å². The smallest absolute Gasteiger partial charge is 0.242 e. The number of nitrogens with two attached hydrogens (primary N) is 1. The fourth-order valence-electron chi connectivity index (χ4n) is 3.39. The van der Waals surface area contributed by atoms with Crippen LogP contribution < -0.4 is 16.4 Å². The summed E-state index contributed by atoms with van der Waals surface area (Å²) in [7, 11) is -3.44. The molecule has 0 radical (unpaired) electrons. The lowest BCUT2D eigenvalue weighted by molar-refractivity contribution is -0.130. The Bertz CT molecular complexity index is 535. The van der Waals surface area contributed by atoms with Crippen molar-refractivity contribution in [3.8, 4) is 0 Å². The molecule has 0 saturated heterocycles. The summed E-state index contributed by atoms with van der Waals surface area (Å²) < 4.78 is 12.4. The van der Waals surface area contributed by atoms with Crippen LogP contribution in [-0.2, 0) is 14.2 Å². The summed E-state index contributed by atoms with van der Waals surface area (Å²) >= 11 is 0. The minimum absolute atomic E-state index is 0.134. The zero-order valence-corrected chi connectivity index (χ0v) is 17.6.